The maximum atomic E-state index is 14.0. The fraction of sp³-hybridized carbons (Fsp3) is 0.375. The van der Waals surface area contributed by atoms with Crippen molar-refractivity contribution in [3.63, 3.8) is 0 Å². The summed E-state index contributed by atoms with van der Waals surface area (Å²) in [7, 11) is 0. The molecular weight excluding hydrogens is 273 g/mol. The third kappa shape index (κ3) is 2.92. The lowest BCUT2D eigenvalue weighted by molar-refractivity contribution is 0.0769. The third-order valence-corrected chi connectivity index (χ3v) is 4.56. The first-order valence-corrected chi connectivity index (χ1v) is 7.76. The topological polar surface area (TPSA) is 23.5 Å². The van der Waals surface area contributed by atoms with Crippen LogP contribution in [0.1, 0.15) is 12.0 Å². The van der Waals surface area contributed by atoms with Gasteiger partial charge in [0.25, 0.3) is 0 Å². The van der Waals surface area contributed by atoms with Crippen LogP contribution in [0.15, 0.2) is 41.1 Å². The number of rotatable bonds is 4. The normalized spacial score (nSPS) is 23.3. The van der Waals surface area contributed by atoms with E-state index in [9.17, 15) is 4.39 Å². The van der Waals surface area contributed by atoms with Gasteiger partial charge in [0.15, 0.2) is 0 Å². The van der Waals surface area contributed by atoms with E-state index in [0.29, 0.717) is 19.5 Å². The summed E-state index contributed by atoms with van der Waals surface area (Å²) in [6.45, 7) is 1.41. The minimum Gasteiger partial charge on any atom is -0.393 e. The van der Waals surface area contributed by atoms with Crippen LogP contribution in [-0.4, -0.2) is 35.4 Å². The average molecular weight is 291 g/mol. The number of hydrogen-bond acceptors (Lipinski definition) is 3. The van der Waals surface area contributed by atoms with Gasteiger partial charge in [-0.15, -0.1) is 0 Å². The van der Waals surface area contributed by atoms with E-state index in [-0.39, 0.29) is 6.61 Å². The van der Waals surface area contributed by atoms with Crippen molar-refractivity contribution in [3.05, 3.63) is 46.7 Å². The number of halogens is 1. The number of thiophene rings is 1. The smallest absolute Gasteiger partial charge is 0.147 e. The SMILES string of the molecule is OCC1(F)CCN(Cc2ccc(-c3ccsc3)cc2)C1. The van der Waals surface area contributed by atoms with E-state index < -0.39 is 5.67 Å². The van der Waals surface area contributed by atoms with Crippen LogP contribution in [0.3, 0.4) is 0 Å². The van der Waals surface area contributed by atoms with Gasteiger partial charge in [-0.1, -0.05) is 24.3 Å². The molecule has 0 radical (unpaired) electrons. The van der Waals surface area contributed by atoms with E-state index >= 15 is 0 Å². The molecule has 1 atom stereocenters. The molecule has 4 heteroatoms. The summed E-state index contributed by atoms with van der Waals surface area (Å²) in [5.74, 6) is 0. The maximum absolute atomic E-state index is 14.0. The Morgan fingerprint density at radius 1 is 1.20 bits per heavy atom. The zero-order chi connectivity index (χ0) is 14.0. The van der Waals surface area contributed by atoms with Crippen LogP contribution < -0.4 is 0 Å². The molecule has 0 spiro atoms. The largest absolute Gasteiger partial charge is 0.393 e. The predicted octanol–water partition coefficient (Wildman–Crippen LogP) is 3.32. The third-order valence-electron chi connectivity index (χ3n) is 3.88. The molecule has 106 valence electrons. The predicted molar refractivity (Wildman–Crippen MR) is 80.6 cm³/mol. The molecule has 1 unspecified atom stereocenters. The lowest BCUT2D eigenvalue weighted by atomic mass is 10.1. The molecule has 2 heterocycles. The fourth-order valence-corrected chi connectivity index (χ4v) is 3.34. The van der Waals surface area contributed by atoms with E-state index in [4.69, 9.17) is 5.11 Å². The molecule has 1 aliphatic heterocycles. The maximum Gasteiger partial charge on any atom is 0.147 e. The lowest BCUT2D eigenvalue weighted by Crippen LogP contribution is -2.32. The lowest BCUT2D eigenvalue weighted by Gasteiger charge is -2.18. The van der Waals surface area contributed by atoms with Gasteiger partial charge >= 0.3 is 0 Å². The molecule has 0 amide bonds. The van der Waals surface area contributed by atoms with Gasteiger partial charge < -0.3 is 5.11 Å². The van der Waals surface area contributed by atoms with Crippen LogP contribution in [0, 0.1) is 0 Å². The number of aliphatic hydroxyl groups is 1. The van der Waals surface area contributed by atoms with Gasteiger partial charge in [-0.3, -0.25) is 4.90 Å². The zero-order valence-corrected chi connectivity index (χ0v) is 12.1. The Morgan fingerprint density at radius 3 is 2.60 bits per heavy atom. The highest BCUT2D eigenvalue weighted by atomic mass is 32.1. The number of nitrogens with zero attached hydrogens (tertiary/aromatic N) is 1. The average Bonchev–Trinajstić information content (AvgIpc) is 3.11. The highest BCUT2D eigenvalue weighted by molar-refractivity contribution is 7.08. The number of likely N-dealkylation sites (tertiary alicyclic amines) is 1. The molecule has 1 N–H and O–H groups in total. The van der Waals surface area contributed by atoms with Gasteiger partial charge in [-0.2, -0.15) is 11.3 Å². The molecule has 1 aromatic heterocycles. The Bertz CT molecular complexity index is 554. The Labute approximate surface area is 122 Å². The number of alkyl halides is 1. The first-order valence-electron chi connectivity index (χ1n) is 6.82. The second-order valence-corrected chi connectivity index (χ2v) is 6.26. The van der Waals surface area contributed by atoms with Gasteiger partial charge in [0.2, 0.25) is 0 Å². The molecule has 3 rings (SSSR count). The summed E-state index contributed by atoms with van der Waals surface area (Å²) in [5.41, 5.74) is 2.24. The van der Waals surface area contributed by atoms with E-state index in [1.807, 2.05) is 0 Å². The molecule has 0 bridgehead atoms. The van der Waals surface area contributed by atoms with Crippen molar-refractivity contribution in [2.45, 2.75) is 18.6 Å². The van der Waals surface area contributed by atoms with Crippen molar-refractivity contribution in [2.24, 2.45) is 0 Å². The Hall–Kier alpha value is -1.23. The quantitative estimate of drug-likeness (QED) is 0.934. The van der Waals surface area contributed by atoms with Gasteiger partial charge in [0, 0.05) is 19.6 Å². The Kier molecular flexibility index (Phi) is 3.87. The first-order chi connectivity index (χ1) is 9.68. The van der Waals surface area contributed by atoms with Crippen LogP contribution >= 0.6 is 11.3 Å². The van der Waals surface area contributed by atoms with Crippen molar-refractivity contribution in [3.8, 4) is 11.1 Å². The van der Waals surface area contributed by atoms with Gasteiger partial charge in [0.05, 0.1) is 6.61 Å². The monoisotopic (exact) mass is 291 g/mol. The molecule has 0 saturated carbocycles. The van der Waals surface area contributed by atoms with Gasteiger partial charge in [-0.05, 0) is 39.9 Å². The van der Waals surface area contributed by atoms with Crippen LogP contribution in [0.5, 0.6) is 0 Å². The molecular formula is C16H18FNOS. The first kappa shape index (κ1) is 13.7. The second-order valence-electron chi connectivity index (χ2n) is 5.48. The standard InChI is InChI=1S/C16H18FNOS/c17-16(12-19)6-7-18(11-16)9-13-1-3-14(4-2-13)15-5-8-20-10-15/h1-5,8,10,19H,6-7,9,11-12H2. The van der Waals surface area contributed by atoms with Crippen LogP contribution in [0.2, 0.25) is 0 Å². The highest BCUT2D eigenvalue weighted by Crippen LogP contribution is 2.27. The van der Waals surface area contributed by atoms with Gasteiger partial charge in [0.1, 0.15) is 5.67 Å². The molecule has 1 aromatic carbocycles. The minimum absolute atomic E-state index is 0.329. The van der Waals surface area contributed by atoms with Crippen molar-refractivity contribution >= 4 is 11.3 Å². The minimum atomic E-state index is -1.41. The van der Waals surface area contributed by atoms with Crippen LogP contribution in [-0.2, 0) is 6.54 Å². The second kappa shape index (κ2) is 5.64. The number of benzene rings is 1. The summed E-state index contributed by atoms with van der Waals surface area (Å²) in [6, 6.07) is 10.5. The van der Waals surface area contributed by atoms with Crippen molar-refractivity contribution in [2.75, 3.05) is 19.7 Å². The highest BCUT2D eigenvalue weighted by Gasteiger charge is 2.37. The summed E-state index contributed by atoms with van der Waals surface area (Å²) in [4.78, 5) is 2.07. The Balaban J connectivity index is 1.65. The van der Waals surface area contributed by atoms with Crippen molar-refractivity contribution in [1.29, 1.82) is 0 Å². The molecule has 1 fully saturated rings. The summed E-state index contributed by atoms with van der Waals surface area (Å²) in [5, 5.41) is 13.3. The van der Waals surface area contributed by atoms with Crippen LogP contribution in [0.25, 0.3) is 11.1 Å². The van der Waals surface area contributed by atoms with E-state index in [1.165, 1.54) is 16.7 Å². The van der Waals surface area contributed by atoms with Crippen LogP contribution in [0.4, 0.5) is 4.39 Å². The van der Waals surface area contributed by atoms with E-state index in [2.05, 4.69) is 46.0 Å². The Morgan fingerprint density at radius 2 is 2.00 bits per heavy atom. The summed E-state index contributed by atoms with van der Waals surface area (Å²) >= 11 is 1.69. The van der Waals surface area contributed by atoms with E-state index in [1.54, 1.807) is 11.3 Å². The fourth-order valence-electron chi connectivity index (χ4n) is 2.67. The summed E-state index contributed by atoms with van der Waals surface area (Å²) in [6.07, 6.45) is 0.427. The molecule has 2 nitrogen and oxygen atoms in total. The molecule has 2 aromatic rings. The number of hydrogen-bond donors (Lipinski definition) is 1. The molecule has 0 aliphatic carbocycles. The molecule has 1 aliphatic rings. The molecule has 20 heavy (non-hydrogen) atoms. The van der Waals surface area contributed by atoms with Crippen molar-refractivity contribution in [1.82, 2.24) is 4.90 Å². The van der Waals surface area contributed by atoms with Gasteiger partial charge in [-0.25, -0.2) is 4.39 Å². The zero-order valence-electron chi connectivity index (χ0n) is 11.3. The molecule has 1 saturated heterocycles. The van der Waals surface area contributed by atoms with Crippen molar-refractivity contribution < 1.29 is 9.50 Å². The summed E-state index contributed by atoms with van der Waals surface area (Å²) < 4.78 is 14.0. The number of aliphatic hydroxyl groups excluding tert-OH is 1. The van der Waals surface area contributed by atoms with E-state index in [0.717, 1.165) is 6.54 Å².